The lowest BCUT2D eigenvalue weighted by Crippen LogP contribution is -2.29. The molecule has 0 aliphatic rings. The van der Waals surface area contributed by atoms with Crippen LogP contribution < -0.4 is 10.6 Å². The van der Waals surface area contributed by atoms with Gasteiger partial charge in [0.15, 0.2) is 0 Å². The minimum Gasteiger partial charge on any atom is -0.508 e. The van der Waals surface area contributed by atoms with Crippen molar-refractivity contribution in [3.05, 3.63) is 24.3 Å². The quantitative estimate of drug-likeness (QED) is 0.530. The maximum Gasteiger partial charge on any atom is 0.319 e. The van der Waals surface area contributed by atoms with Crippen LogP contribution in [0.1, 0.15) is 26.2 Å². The van der Waals surface area contributed by atoms with Crippen LogP contribution in [0.25, 0.3) is 0 Å². The van der Waals surface area contributed by atoms with E-state index in [0.29, 0.717) is 12.2 Å². The van der Waals surface area contributed by atoms with Gasteiger partial charge in [0, 0.05) is 12.2 Å². The van der Waals surface area contributed by atoms with E-state index in [9.17, 15) is 4.79 Å². The van der Waals surface area contributed by atoms with E-state index in [1.54, 1.807) is 12.1 Å². The number of urea groups is 1. The minimum atomic E-state index is -0.207. The summed E-state index contributed by atoms with van der Waals surface area (Å²) in [4.78, 5) is 11.4. The zero-order chi connectivity index (χ0) is 11.8. The molecule has 0 saturated carbocycles. The van der Waals surface area contributed by atoms with Crippen molar-refractivity contribution in [2.75, 3.05) is 11.9 Å². The Labute approximate surface area is 95.7 Å². The largest absolute Gasteiger partial charge is 0.508 e. The SMILES string of the molecule is CCCCCNC(=O)Nc1ccc(O)cc1. The third-order valence-corrected chi connectivity index (χ3v) is 2.19. The lowest BCUT2D eigenvalue weighted by atomic mass is 10.2. The van der Waals surface area contributed by atoms with Crippen LogP contribution in [0.15, 0.2) is 24.3 Å². The molecule has 0 saturated heterocycles. The lowest BCUT2D eigenvalue weighted by Gasteiger charge is -2.07. The van der Waals surface area contributed by atoms with E-state index in [-0.39, 0.29) is 11.8 Å². The molecule has 2 amide bonds. The topological polar surface area (TPSA) is 61.4 Å². The number of carbonyl (C=O) groups is 1. The van der Waals surface area contributed by atoms with Gasteiger partial charge in [-0.05, 0) is 30.7 Å². The Morgan fingerprint density at radius 1 is 1.25 bits per heavy atom. The van der Waals surface area contributed by atoms with Crippen molar-refractivity contribution in [2.45, 2.75) is 26.2 Å². The molecule has 0 aromatic heterocycles. The Morgan fingerprint density at radius 2 is 1.94 bits per heavy atom. The molecule has 0 aliphatic carbocycles. The highest BCUT2D eigenvalue weighted by molar-refractivity contribution is 5.89. The summed E-state index contributed by atoms with van der Waals surface area (Å²) in [7, 11) is 0. The minimum absolute atomic E-state index is 0.189. The monoisotopic (exact) mass is 222 g/mol. The summed E-state index contributed by atoms with van der Waals surface area (Å²) in [6, 6.07) is 6.17. The molecule has 0 aliphatic heterocycles. The molecule has 0 fully saturated rings. The molecule has 0 unspecified atom stereocenters. The van der Waals surface area contributed by atoms with E-state index >= 15 is 0 Å². The Kier molecular flexibility index (Phi) is 5.19. The Bertz CT molecular complexity index is 322. The molecule has 88 valence electrons. The second kappa shape index (κ2) is 6.71. The van der Waals surface area contributed by atoms with Crippen LogP contribution in [0.4, 0.5) is 10.5 Å². The van der Waals surface area contributed by atoms with Gasteiger partial charge in [0.1, 0.15) is 5.75 Å². The van der Waals surface area contributed by atoms with Crippen molar-refractivity contribution in [1.82, 2.24) is 5.32 Å². The van der Waals surface area contributed by atoms with Crippen molar-refractivity contribution >= 4 is 11.7 Å². The average molecular weight is 222 g/mol. The molecule has 4 heteroatoms. The summed E-state index contributed by atoms with van der Waals surface area (Å²) in [6.45, 7) is 2.81. The van der Waals surface area contributed by atoms with Crippen LogP contribution in [-0.2, 0) is 0 Å². The van der Waals surface area contributed by atoms with E-state index in [4.69, 9.17) is 5.11 Å². The van der Waals surface area contributed by atoms with E-state index < -0.39 is 0 Å². The fourth-order valence-electron chi connectivity index (χ4n) is 1.30. The Balaban J connectivity index is 2.26. The number of aromatic hydroxyl groups is 1. The summed E-state index contributed by atoms with van der Waals surface area (Å²) in [5.41, 5.74) is 0.672. The molecule has 16 heavy (non-hydrogen) atoms. The number of anilines is 1. The number of hydrogen-bond donors (Lipinski definition) is 3. The van der Waals surface area contributed by atoms with Crippen molar-refractivity contribution in [3.63, 3.8) is 0 Å². The van der Waals surface area contributed by atoms with E-state index in [2.05, 4.69) is 17.6 Å². The summed E-state index contributed by atoms with van der Waals surface area (Å²) < 4.78 is 0. The number of phenolic OH excluding ortho intramolecular Hbond substituents is 1. The summed E-state index contributed by atoms with van der Waals surface area (Å²) in [5, 5.41) is 14.5. The number of carbonyl (C=O) groups excluding carboxylic acids is 1. The fourth-order valence-corrected chi connectivity index (χ4v) is 1.30. The zero-order valence-electron chi connectivity index (χ0n) is 9.49. The number of hydrogen-bond acceptors (Lipinski definition) is 2. The Morgan fingerprint density at radius 3 is 2.56 bits per heavy atom. The maximum absolute atomic E-state index is 11.4. The van der Waals surface area contributed by atoms with Gasteiger partial charge in [0.2, 0.25) is 0 Å². The summed E-state index contributed by atoms with van der Waals surface area (Å²) >= 11 is 0. The van der Waals surface area contributed by atoms with Gasteiger partial charge in [-0.2, -0.15) is 0 Å². The zero-order valence-corrected chi connectivity index (χ0v) is 9.49. The van der Waals surface area contributed by atoms with Crippen LogP contribution in [0, 0.1) is 0 Å². The fraction of sp³-hybridized carbons (Fsp3) is 0.417. The summed E-state index contributed by atoms with van der Waals surface area (Å²) in [5.74, 6) is 0.189. The number of rotatable bonds is 5. The molecule has 0 bridgehead atoms. The van der Waals surface area contributed by atoms with Crippen LogP contribution in [0.5, 0.6) is 5.75 Å². The van der Waals surface area contributed by atoms with Gasteiger partial charge < -0.3 is 15.7 Å². The van der Waals surface area contributed by atoms with Crippen molar-refractivity contribution in [2.24, 2.45) is 0 Å². The number of nitrogens with one attached hydrogen (secondary N) is 2. The van der Waals surface area contributed by atoms with Gasteiger partial charge in [-0.25, -0.2) is 4.79 Å². The molecule has 1 aromatic carbocycles. The maximum atomic E-state index is 11.4. The second-order valence-electron chi connectivity index (χ2n) is 3.63. The van der Waals surface area contributed by atoms with Gasteiger partial charge in [-0.3, -0.25) is 0 Å². The van der Waals surface area contributed by atoms with Crippen LogP contribution >= 0.6 is 0 Å². The first-order chi connectivity index (χ1) is 7.72. The van der Waals surface area contributed by atoms with E-state index in [0.717, 1.165) is 19.3 Å². The van der Waals surface area contributed by atoms with Crippen molar-refractivity contribution in [3.8, 4) is 5.75 Å². The molecular formula is C12H18N2O2. The molecule has 4 nitrogen and oxygen atoms in total. The van der Waals surface area contributed by atoms with Gasteiger partial charge in [-0.1, -0.05) is 19.8 Å². The first-order valence-corrected chi connectivity index (χ1v) is 5.56. The number of benzene rings is 1. The number of phenols is 1. The average Bonchev–Trinajstić information content (AvgIpc) is 2.28. The van der Waals surface area contributed by atoms with Gasteiger partial charge in [0.05, 0.1) is 0 Å². The van der Waals surface area contributed by atoms with Crippen molar-refractivity contribution < 1.29 is 9.90 Å². The molecular weight excluding hydrogens is 204 g/mol. The molecule has 1 aromatic rings. The smallest absolute Gasteiger partial charge is 0.319 e. The highest BCUT2D eigenvalue weighted by Crippen LogP contribution is 2.13. The molecule has 0 heterocycles. The summed E-state index contributed by atoms with van der Waals surface area (Å²) in [6.07, 6.45) is 3.26. The third kappa shape index (κ3) is 4.68. The predicted octanol–water partition coefficient (Wildman–Crippen LogP) is 2.70. The molecule has 1 rings (SSSR count). The van der Waals surface area contributed by atoms with Crippen LogP contribution in [-0.4, -0.2) is 17.7 Å². The third-order valence-electron chi connectivity index (χ3n) is 2.19. The highest BCUT2D eigenvalue weighted by atomic mass is 16.3. The molecule has 3 N–H and O–H groups in total. The Hall–Kier alpha value is -1.71. The molecule has 0 spiro atoms. The molecule has 0 atom stereocenters. The van der Waals surface area contributed by atoms with Crippen molar-refractivity contribution in [1.29, 1.82) is 0 Å². The van der Waals surface area contributed by atoms with Crippen LogP contribution in [0.2, 0.25) is 0 Å². The van der Waals surface area contributed by atoms with Gasteiger partial charge in [-0.15, -0.1) is 0 Å². The van der Waals surface area contributed by atoms with Gasteiger partial charge >= 0.3 is 6.03 Å². The van der Waals surface area contributed by atoms with Crippen LogP contribution in [0.3, 0.4) is 0 Å². The number of amides is 2. The highest BCUT2D eigenvalue weighted by Gasteiger charge is 2.00. The standard InChI is InChI=1S/C12H18N2O2/c1-2-3-4-9-13-12(16)14-10-5-7-11(15)8-6-10/h5-8,15H,2-4,9H2,1H3,(H2,13,14,16). The first kappa shape index (κ1) is 12.4. The first-order valence-electron chi connectivity index (χ1n) is 5.56. The van der Waals surface area contributed by atoms with E-state index in [1.165, 1.54) is 12.1 Å². The predicted molar refractivity (Wildman–Crippen MR) is 64.7 cm³/mol. The second-order valence-corrected chi connectivity index (χ2v) is 3.63. The number of unbranched alkanes of at least 4 members (excludes halogenated alkanes) is 2. The lowest BCUT2D eigenvalue weighted by molar-refractivity contribution is 0.252. The van der Waals surface area contributed by atoms with Gasteiger partial charge in [0.25, 0.3) is 0 Å². The molecule has 0 radical (unpaired) electrons. The van der Waals surface area contributed by atoms with E-state index in [1.807, 2.05) is 0 Å². The normalized spacial score (nSPS) is 9.81.